The summed E-state index contributed by atoms with van der Waals surface area (Å²) in [5.41, 5.74) is 6.00. The molecule has 2 atom stereocenters. The highest BCUT2D eigenvalue weighted by molar-refractivity contribution is 9.10. The molecule has 3 heterocycles. The number of aliphatic imine (C=N–C) groups is 1. The zero-order valence-corrected chi connectivity index (χ0v) is 12.4. The molecule has 98 valence electrons. The monoisotopic (exact) mass is 329 g/mol. The standard InChI is InChI=1S/C12H16BrN3OS/c13-8-4-11(18-7-8)10-5-15-12(14)16(10)6-9-2-1-3-17-9/h4,7,9-10H,1-3,5-6H2,(H2,14,15). The van der Waals surface area contributed by atoms with Gasteiger partial charge in [0.15, 0.2) is 5.96 Å². The Hall–Kier alpha value is -0.590. The highest BCUT2D eigenvalue weighted by atomic mass is 79.9. The fourth-order valence-electron chi connectivity index (χ4n) is 2.50. The molecule has 6 heteroatoms. The molecule has 0 bridgehead atoms. The molecule has 0 amide bonds. The minimum Gasteiger partial charge on any atom is -0.376 e. The van der Waals surface area contributed by atoms with Gasteiger partial charge in [0.1, 0.15) is 0 Å². The molecule has 0 aromatic carbocycles. The van der Waals surface area contributed by atoms with Crippen molar-refractivity contribution in [1.82, 2.24) is 4.90 Å². The van der Waals surface area contributed by atoms with Gasteiger partial charge in [-0.2, -0.15) is 0 Å². The second-order valence-electron chi connectivity index (χ2n) is 4.67. The lowest BCUT2D eigenvalue weighted by atomic mass is 10.2. The van der Waals surface area contributed by atoms with E-state index in [1.807, 2.05) is 0 Å². The van der Waals surface area contributed by atoms with Crippen LogP contribution in [-0.4, -0.2) is 36.7 Å². The molecule has 0 spiro atoms. The van der Waals surface area contributed by atoms with Crippen LogP contribution in [0.4, 0.5) is 0 Å². The van der Waals surface area contributed by atoms with Crippen LogP contribution in [0, 0.1) is 0 Å². The maximum Gasteiger partial charge on any atom is 0.192 e. The van der Waals surface area contributed by atoms with Gasteiger partial charge in [-0.05, 0) is 34.8 Å². The summed E-state index contributed by atoms with van der Waals surface area (Å²) < 4.78 is 6.82. The largest absolute Gasteiger partial charge is 0.376 e. The predicted molar refractivity (Wildman–Crippen MR) is 76.9 cm³/mol. The molecule has 1 fully saturated rings. The summed E-state index contributed by atoms with van der Waals surface area (Å²) in [6.45, 7) is 2.49. The van der Waals surface area contributed by atoms with E-state index in [-0.39, 0.29) is 6.04 Å². The van der Waals surface area contributed by atoms with Gasteiger partial charge in [0, 0.05) is 27.9 Å². The van der Waals surface area contributed by atoms with Gasteiger partial charge in [-0.1, -0.05) is 0 Å². The van der Waals surface area contributed by atoms with Crippen LogP contribution in [-0.2, 0) is 4.74 Å². The zero-order valence-electron chi connectivity index (χ0n) is 10.0. The third-order valence-corrected chi connectivity index (χ3v) is 5.23. The number of hydrogen-bond donors (Lipinski definition) is 1. The lowest BCUT2D eigenvalue weighted by Crippen LogP contribution is -2.40. The van der Waals surface area contributed by atoms with E-state index in [0.717, 1.165) is 37.0 Å². The maximum atomic E-state index is 6.00. The van der Waals surface area contributed by atoms with Crippen molar-refractivity contribution in [3.63, 3.8) is 0 Å². The van der Waals surface area contributed by atoms with E-state index < -0.39 is 0 Å². The quantitative estimate of drug-likeness (QED) is 0.926. The molecule has 0 saturated carbocycles. The predicted octanol–water partition coefficient (Wildman–Crippen LogP) is 2.36. The van der Waals surface area contributed by atoms with E-state index in [4.69, 9.17) is 10.5 Å². The molecule has 3 rings (SSSR count). The molecule has 1 aromatic rings. The van der Waals surface area contributed by atoms with Crippen molar-refractivity contribution in [2.24, 2.45) is 10.7 Å². The van der Waals surface area contributed by atoms with Gasteiger partial charge in [0.05, 0.1) is 18.7 Å². The first kappa shape index (κ1) is 12.4. The first-order valence-corrected chi connectivity index (χ1v) is 7.83. The van der Waals surface area contributed by atoms with Crippen LogP contribution in [0.15, 0.2) is 20.9 Å². The molecule has 4 nitrogen and oxygen atoms in total. The van der Waals surface area contributed by atoms with Gasteiger partial charge < -0.3 is 15.4 Å². The van der Waals surface area contributed by atoms with E-state index in [2.05, 4.69) is 37.3 Å². The van der Waals surface area contributed by atoms with Crippen molar-refractivity contribution >= 4 is 33.2 Å². The summed E-state index contributed by atoms with van der Waals surface area (Å²) in [5, 5.41) is 2.11. The number of halogens is 1. The van der Waals surface area contributed by atoms with Gasteiger partial charge in [0.2, 0.25) is 0 Å². The first-order chi connectivity index (χ1) is 8.74. The third-order valence-electron chi connectivity index (χ3n) is 3.44. The van der Waals surface area contributed by atoms with E-state index in [0.29, 0.717) is 12.1 Å². The van der Waals surface area contributed by atoms with Crippen LogP contribution < -0.4 is 5.73 Å². The molecule has 0 aliphatic carbocycles. The van der Waals surface area contributed by atoms with Crippen molar-refractivity contribution in [2.45, 2.75) is 25.0 Å². The minimum absolute atomic E-state index is 0.283. The van der Waals surface area contributed by atoms with Crippen LogP contribution in [0.3, 0.4) is 0 Å². The first-order valence-electron chi connectivity index (χ1n) is 6.16. The van der Waals surface area contributed by atoms with Crippen LogP contribution in [0.1, 0.15) is 23.8 Å². The van der Waals surface area contributed by atoms with Gasteiger partial charge in [-0.15, -0.1) is 11.3 Å². The fraction of sp³-hybridized carbons (Fsp3) is 0.583. The van der Waals surface area contributed by atoms with Crippen LogP contribution in [0.5, 0.6) is 0 Å². The molecule has 1 saturated heterocycles. The Kier molecular flexibility index (Phi) is 3.59. The van der Waals surface area contributed by atoms with Crippen molar-refractivity contribution < 1.29 is 4.74 Å². The van der Waals surface area contributed by atoms with Crippen LogP contribution in [0.25, 0.3) is 0 Å². The molecule has 18 heavy (non-hydrogen) atoms. The van der Waals surface area contributed by atoms with E-state index in [1.165, 1.54) is 4.88 Å². The fourth-order valence-corrected chi connectivity index (χ4v) is 4.05. The number of nitrogens with zero attached hydrogens (tertiary/aromatic N) is 2. The van der Waals surface area contributed by atoms with E-state index in [9.17, 15) is 0 Å². The summed E-state index contributed by atoms with van der Waals surface area (Å²) in [6, 6.07) is 2.44. The summed E-state index contributed by atoms with van der Waals surface area (Å²) in [7, 11) is 0. The SMILES string of the molecule is NC1=NCC(c2cc(Br)cs2)N1CC1CCCO1. The summed E-state index contributed by atoms with van der Waals surface area (Å²) in [6.07, 6.45) is 2.60. The average Bonchev–Trinajstić information content (AvgIpc) is 3.04. The Morgan fingerprint density at radius 1 is 1.61 bits per heavy atom. The number of nitrogens with two attached hydrogens (primary N) is 1. The lowest BCUT2D eigenvalue weighted by Gasteiger charge is -2.27. The van der Waals surface area contributed by atoms with Crippen LogP contribution in [0.2, 0.25) is 0 Å². The van der Waals surface area contributed by atoms with Crippen molar-refractivity contribution in [1.29, 1.82) is 0 Å². The number of guanidine groups is 1. The number of ether oxygens (including phenoxy) is 1. The number of hydrogen-bond acceptors (Lipinski definition) is 5. The topological polar surface area (TPSA) is 50.8 Å². The van der Waals surface area contributed by atoms with Gasteiger partial charge in [0.25, 0.3) is 0 Å². The normalized spacial score (nSPS) is 27.8. The highest BCUT2D eigenvalue weighted by Crippen LogP contribution is 2.33. The molecular formula is C12H16BrN3OS. The van der Waals surface area contributed by atoms with E-state index in [1.54, 1.807) is 11.3 Å². The maximum absolute atomic E-state index is 6.00. The molecule has 0 radical (unpaired) electrons. The van der Waals surface area contributed by atoms with Gasteiger partial charge in [-0.3, -0.25) is 4.99 Å². The lowest BCUT2D eigenvalue weighted by molar-refractivity contribution is 0.0856. The molecular weight excluding hydrogens is 314 g/mol. The molecule has 2 aliphatic rings. The summed E-state index contributed by atoms with van der Waals surface area (Å²) in [4.78, 5) is 7.88. The van der Waals surface area contributed by atoms with Gasteiger partial charge >= 0.3 is 0 Å². The molecule has 2 N–H and O–H groups in total. The molecule has 1 aromatic heterocycles. The van der Waals surface area contributed by atoms with Gasteiger partial charge in [-0.25, -0.2) is 0 Å². The number of rotatable bonds is 3. The zero-order chi connectivity index (χ0) is 12.5. The summed E-state index contributed by atoms with van der Waals surface area (Å²) in [5.74, 6) is 0.653. The van der Waals surface area contributed by atoms with Crippen molar-refractivity contribution in [3.05, 3.63) is 20.8 Å². The Labute approximate surface area is 119 Å². The van der Waals surface area contributed by atoms with Crippen molar-refractivity contribution in [2.75, 3.05) is 19.7 Å². The Balaban J connectivity index is 1.74. The Bertz CT molecular complexity index is 456. The average molecular weight is 330 g/mol. The van der Waals surface area contributed by atoms with Crippen LogP contribution >= 0.6 is 27.3 Å². The summed E-state index contributed by atoms with van der Waals surface area (Å²) >= 11 is 5.25. The Morgan fingerprint density at radius 3 is 3.17 bits per heavy atom. The van der Waals surface area contributed by atoms with Crippen molar-refractivity contribution in [3.8, 4) is 0 Å². The molecule has 2 aliphatic heterocycles. The Morgan fingerprint density at radius 2 is 2.50 bits per heavy atom. The second-order valence-corrected chi connectivity index (χ2v) is 6.53. The second kappa shape index (κ2) is 5.19. The smallest absolute Gasteiger partial charge is 0.192 e. The molecule has 2 unspecified atom stereocenters. The number of thiophene rings is 1. The minimum atomic E-state index is 0.283. The van der Waals surface area contributed by atoms with E-state index >= 15 is 0 Å². The third kappa shape index (κ3) is 2.41. The highest BCUT2D eigenvalue weighted by Gasteiger charge is 2.31.